The molecule has 0 saturated carbocycles. The molecular formula is C35H66N+. The van der Waals surface area contributed by atoms with E-state index in [1.807, 2.05) is 0 Å². The number of hydrogen-bond donors (Lipinski definition) is 0. The first kappa shape index (κ1) is 33.2. The van der Waals surface area contributed by atoms with Gasteiger partial charge in [-0.1, -0.05) is 162 Å². The molecule has 0 amide bonds. The van der Waals surface area contributed by atoms with Gasteiger partial charge < -0.3 is 0 Å². The van der Waals surface area contributed by atoms with Crippen molar-refractivity contribution >= 4 is 0 Å². The van der Waals surface area contributed by atoms with Crippen LogP contribution in [-0.2, 0) is 13.0 Å². The summed E-state index contributed by atoms with van der Waals surface area (Å²) in [5, 5.41) is 0. The predicted octanol–water partition coefficient (Wildman–Crippen LogP) is 11.7. The van der Waals surface area contributed by atoms with Crippen molar-refractivity contribution in [3.05, 3.63) is 30.1 Å². The van der Waals surface area contributed by atoms with Crippen LogP contribution in [-0.4, -0.2) is 0 Å². The van der Waals surface area contributed by atoms with Crippen LogP contribution in [0.5, 0.6) is 0 Å². The van der Waals surface area contributed by atoms with Gasteiger partial charge in [0.05, 0.1) is 0 Å². The number of nitrogens with zero attached hydrogens (tertiary/aromatic N) is 1. The number of aromatic nitrogens is 1. The standard InChI is InChI=1S/C35H66N/c1-3-5-7-9-11-13-15-16-17-18-19-21-23-25-27-29-35-30-33-36(34-31-35)32-28-26-24-22-20-14-12-10-8-6-4-2/h30-31,33-34H,3-29,32H2,1-2H3/q+1. The van der Waals surface area contributed by atoms with Crippen molar-refractivity contribution in [2.24, 2.45) is 0 Å². The first-order valence-corrected chi connectivity index (χ1v) is 16.8. The molecule has 1 aromatic rings. The number of aryl methyl sites for hydroxylation is 2. The van der Waals surface area contributed by atoms with Gasteiger partial charge >= 0.3 is 0 Å². The van der Waals surface area contributed by atoms with Crippen LogP contribution in [0.1, 0.15) is 186 Å². The second kappa shape index (κ2) is 27.2. The van der Waals surface area contributed by atoms with Gasteiger partial charge in [-0.15, -0.1) is 0 Å². The number of pyridine rings is 1. The molecule has 0 bridgehead atoms. The van der Waals surface area contributed by atoms with E-state index in [2.05, 4.69) is 42.9 Å². The molecule has 0 fully saturated rings. The van der Waals surface area contributed by atoms with Gasteiger partial charge in [-0.3, -0.25) is 0 Å². The summed E-state index contributed by atoms with van der Waals surface area (Å²) >= 11 is 0. The van der Waals surface area contributed by atoms with Gasteiger partial charge in [0, 0.05) is 18.6 Å². The highest BCUT2D eigenvalue weighted by Gasteiger charge is 2.02. The topological polar surface area (TPSA) is 3.88 Å². The van der Waals surface area contributed by atoms with Crippen LogP contribution in [0, 0.1) is 0 Å². The summed E-state index contributed by atoms with van der Waals surface area (Å²) < 4.78 is 2.39. The summed E-state index contributed by atoms with van der Waals surface area (Å²) in [6, 6.07) is 4.73. The van der Waals surface area contributed by atoms with Crippen LogP contribution >= 0.6 is 0 Å². The van der Waals surface area contributed by atoms with Crippen molar-refractivity contribution < 1.29 is 4.57 Å². The van der Waals surface area contributed by atoms with Crippen molar-refractivity contribution in [2.45, 2.75) is 194 Å². The van der Waals surface area contributed by atoms with Gasteiger partial charge in [-0.25, -0.2) is 4.57 Å². The summed E-state index contributed by atoms with van der Waals surface area (Å²) in [4.78, 5) is 0. The first-order valence-electron chi connectivity index (χ1n) is 16.8. The molecule has 1 rings (SSSR count). The molecule has 1 heterocycles. The quantitative estimate of drug-likeness (QED) is 0.0795. The highest BCUT2D eigenvalue weighted by molar-refractivity contribution is 5.07. The molecule has 0 radical (unpaired) electrons. The fourth-order valence-corrected chi connectivity index (χ4v) is 5.46. The second-order valence-electron chi connectivity index (χ2n) is 11.7. The van der Waals surface area contributed by atoms with Crippen molar-refractivity contribution in [2.75, 3.05) is 0 Å². The van der Waals surface area contributed by atoms with Gasteiger partial charge in [0.25, 0.3) is 0 Å². The van der Waals surface area contributed by atoms with Gasteiger partial charge in [0.2, 0.25) is 0 Å². The summed E-state index contributed by atoms with van der Waals surface area (Å²) in [6.07, 6.45) is 43.2. The number of rotatable bonds is 28. The van der Waals surface area contributed by atoms with Crippen LogP contribution in [0.25, 0.3) is 0 Å². The largest absolute Gasteiger partial charge is 0.205 e. The Morgan fingerprint density at radius 1 is 0.389 bits per heavy atom. The summed E-state index contributed by atoms with van der Waals surface area (Å²) in [7, 11) is 0. The van der Waals surface area contributed by atoms with Crippen LogP contribution < -0.4 is 4.57 Å². The molecule has 0 atom stereocenters. The molecular weight excluding hydrogens is 434 g/mol. The Hall–Kier alpha value is -0.850. The molecule has 0 aromatic carbocycles. The highest BCUT2D eigenvalue weighted by atomic mass is 14.9. The van der Waals surface area contributed by atoms with E-state index in [1.165, 1.54) is 185 Å². The lowest BCUT2D eigenvalue weighted by Gasteiger charge is -2.04. The van der Waals surface area contributed by atoms with E-state index in [0.29, 0.717) is 0 Å². The van der Waals surface area contributed by atoms with E-state index in [-0.39, 0.29) is 0 Å². The minimum atomic E-state index is 1.19. The lowest BCUT2D eigenvalue weighted by atomic mass is 10.0. The maximum absolute atomic E-state index is 2.39. The van der Waals surface area contributed by atoms with Crippen LogP contribution in [0.15, 0.2) is 24.5 Å². The van der Waals surface area contributed by atoms with Gasteiger partial charge in [-0.2, -0.15) is 0 Å². The Labute approximate surface area is 228 Å². The Bertz CT molecular complexity index is 534. The number of unbranched alkanes of at least 4 members (excludes halogenated alkanes) is 24. The van der Waals surface area contributed by atoms with Gasteiger partial charge in [0.15, 0.2) is 12.4 Å². The molecule has 36 heavy (non-hydrogen) atoms. The molecule has 0 aliphatic heterocycles. The van der Waals surface area contributed by atoms with E-state index >= 15 is 0 Å². The van der Waals surface area contributed by atoms with E-state index in [1.54, 1.807) is 0 Å². The third-order valence-electron chi connectivity index (χ3n) is 8.05. The maximum Gasteiger partial charge on any atom is 0.169 e. The lowest BCUT2D eigenvalue weighted by Crippen LogP contribution is -2.32. The second-order valence-corrected chi connectivity index (χ2v) is 11.7. The zero-order valence-electron chi connectivity index (χ0n) is 25.1. The van der Waals surface area contributed by atoms with E-state index in [9.17, 15) is 0 Å². The Morgan fingerprint density at radius 3 is 1.06 bits per heavy atom. The normalized spacial score (nSPS) is 11.4. The minimum absolute atomic E-state index is 1.19. The van der Waals surface area contributed by atoms with Crippen LogP contribution in [0.2, 0.25) is 0 Å². The van der Waals surface area contributed by atoms with E-state index in [4.69, 9.17) is 0 Å². The first-order chi connectivity index (χ1) is 17.9. The Balaban J connectivity index is 1.84. The SMILES string of the molecule is CCCCCCCCCCCCCCCCCc1cc[n+](CCCCCCCCCCCCC)cc1. The lowest BCUT2D eigenvalue weighted by molar-refractivity contribution is -0.697. The Kier molecular flexibility index (Phi) is 25.1. The fourth-order valence-electron chi connectivity index (χ4n) is 5.46. The van der Waals surface area contributed by atoms with Crippen molar-refractivity contribution in [1.29, 1.82) is 0 Å². The number of hydrogen-bond acceptors (Lipinski definition) is 0. The van der Waals surface area contributed by atoms with E-state index < -0.39 is 0 Å². The molecule has 0 saturated heterocycles. The zero-order chi connectivity index (χ0) is 25.8. The molecule has 1 aromatic heterocycles. The summed E-state index contributed by atoms with van der Waals surface area (Å²) in [6.45, 7) is 5.79. The third kappa shape index (κ3) is 22.4. The van der Waals surface area contributed by atoms with E-state index in [0.717, 1.165) is 0 Å². The third-order valence-corrected chi connectivity index (χ3v) is 8.05. The molecule has 0 aliphatic carbocycles. The molecule has 210 valence electrons. The minimum Gasteiger partial charge on any atom is -0.205 e. The summed E-state index contributed by atoms with van der Waals surface area (Å²) in [5.74, 6) is 0. The van der Waals surface area contributed by atoms with Gasteiger partial charge in [0.1, 0.15) is 6.54 Å². The molecule has 0 unspecified atom stereocenters. The van der Waals surface area contributed by atoms with Crippen molar-refractivity contribution in [3.8, 4) is 0 Å². The zero-order valence-corrected chi connectivity index (χ0v) is 25.1. The fraction of sp³-hybridized carbons (Fsp3) is 0.857. The van der Waals surface area contributed by atoms with Gasteiger partial charge in [-0.05, 0) is 24.8 Å². The predicted molar refractivity (Wildman–Crippen MR) is 162 cm³/mol. The highest BCUT2D eigenvalue weighted by Crippen LogP contribution is 2.14. The molecule has 0 N–H and O–H groups in total. The average molecular weight is 501 g/mol. The molecule has 0 spiro atoms. The van der Waals surface area contributed by atoms with Crippen LogP contribution in [0.3, 0.4) is 0 Å². The average Bonchev–Trinajstić information content (AvgIpc) is 2.90. The molecule has 1 nitrogen and oxygen atoms in total. The Morgan fingerprint density at radius 2 is 0.694 bits per heavy atom. The maximum atomic E-state index is 2.39. The van der Waals surface area contributed by atoms with Crippen molar-refractivity contribution in [3.63, 3.8) is 0 Å². The monoisotopic (exact) mass is 501 g/mol. The van der Waals surface area contributed by atoms with Crippen LogP contribution in [0.4, 0.5) is 0 Å². The smallest absolute Gasteiger partial charge is 0.169 e. The molecule has 0 aliphatic rings. The van der Waals surface area contributed by atoms with Crippen molar-refractivity contribution in [1.82, 2.24) is 0 Å². The summed E-state index contributed by atoms with van der Waals surface area (Å²) in [5.41, 5.74) is 1.53. The molecule has 1 heteroatoms.